The lowest BCUT2D eigenvalue weighted by Gasteiger charge is -2.21. The summed E-state index contributed by atoms with van der Waals surface area (Å²) >= 11 is 0. The van der Waals surface area contributed by atoms with Crippen molar-refractivity contribution in [1.82, 2.24) is 0 Å². The molecule has 0 aromatic carbocycles. The van der Waals surface area contributed by atoms with Crippen LogP contribution in [-0.4, -0.2) is 96.7 Å². The largest absolute Gasteiger partial charge is 0.472 e. The Balaban J connectivity index is 5.22. The highest BCUT2D eigenvalue weighted by molar-refractivity contribution is 7.47. The Labute approximate surface area is 626 Å². The van der Waals surface area contributed by atoms with Gasteiger partial charge in [-0.15, -0.1) is 0 Å². The Morgan fingerprint density at radius 2 is 0.451 bits per heavy atom. The van der Waals surface area contributed by atoms with Gasteiger partial charge in [-0.25, -0.2) is 9.13 Å². The number of phosphoric ester groups is 2. The van der Waals surface area contributed by atoms with Crippen LogP contribution < -0.4 is 0 Å². The van der Waals surface area contributed by atoms with Gasteiger partial charge in [-0.3, -0.25) is 37.3 Å². The molecular formula is C83H162O17P2. The summed E-state index contributed by atoms with van der Waals surface area (Å²) in [5.74, 6) is -0.618. The molecule has 0 aliphatic heterocycles. The number of carbonyl (C=O) groups is 4. The third-order valence-electron chi connectivity index (χ3n) is 19.5. The van der Waals surface area contributed by atoms with Crippen LogP contribution in [0.4, 0.5) is 0 Å². The van der Waals surface area contributed by atoms with Crippen molar-refractivity contribution in [1.29, 1.82) is 0 Å². The molecule has 0 amide bonds. The van der Waals surface area contributed by atoms with Crippen molar-refractivity contribution in [3.8, 4) is 0 Å². The van der Waals surface area contributed by atoms with Crippen molar-refractivity contribution >= 4 is 39.5 Å². The van der Waals surface area contributed by atoms with E-state index in [0.29, 0.717) is 31.6 Å². The van der Waals surface area contributed by atoms with Gasteiger partial charge in [0.15, 0.2) is 12.2 Å². The highest BCUT2D eigenvalue weighted by Gasteiger charge is 2.30. The molecule has 3 N–H and O–H groups in total. The smallest absolute Gasteiger partial charge is 0.462 e. The number of aliphatic hydroxyl groups is 1. The maximum atomic E-state index is 13.1. The van der Waals surface area contributed by atoms with Crippen LogP contribution in [0.1, 0.15) is 440 Å². The van der Waals surface area contributed by atoms with Crippen molar-refractivity contribution in [3.63, 3.8) is 0 Å². The van der Waals surface area contributed by atoms with Crippen LogP contribution in [0.25, 0.3) is 0 Å². The molecule has 19 heteroatoms. The van der Waals surface area contributed by atoms with Gasteiger partial charge in [0.1, 0.15) is 19.3 Å². The van der Waals surface area contributed by atoms with Crippen LogP contribution in [0.2, 0.25) is 0 Å². The Morgan fingerprint density at radius 1 is 0.265 bits per heavy atom. The first-order chi connectivity index (χ1) is 49.4. The van der Waals surface area contributed by atoms with Crippen molar-refractivity contribution in [2.45, 2.75) is 458 Å². The van der Waals surface area contributed by atoms with Gasteiger partial charge >= 0.3 is 39.5 Å². The minimum atomic E-state index is -4.96. The zero-order valence-corrected chi connectivity index (χ0v) is 68.7. The molecule has 17 nitrogen and oxygen atoms in total. The molecule has 606 valence electrons. The highest BCUT2D eigenvalue weighted by atomic mass is 31.2. The van der Waals surface area contributed by atoms with Gasteiger partial charge in [-0.1, -0.05) is 388 Å². The molecule has 5 atom stereocenters. The number of aliphatic hydroxyl groups excluding tert-OH is 1. The van der Waals surface area contributed by atoms with E-state index in [1.165, 1.54) is 250 Å². The number of esters is 4. The van der Waals surface area contributed by atoms with Gasteiger partial charge in [0, 0.05) is 25.7 Å². The summed E-state index contributed by atoms with van der Waals surface area (Å²) in [6.45, 7) is 9.60. The van der Waals surface area contributed by atoms with Crippen LogP contribution in [0, 0.1) is 11.8 Å². The zero-order chi connectivity index (χ0) is 74.9. The molecular weight excluding hydrogens is 1330 g/mol. The molecule has 0 aromatic rings. The fraction of sp³-hybridized carbons (Fsp3) is 0.952. The van der Waals surface area contributed by atoms with E-state index in [1.54, 1.807) is 0 Å². The number of phosphoric acid groups is 2. The molecule has 0 fully saturated rings. The molecule has 0 aliphatic carbocycles. The Morgan fingerprint density at radius 3 is 0.667 bits per heavy atom. The maximum Gasteiger partial charge on any atom is 0.472 e. The van der Waals surface area contributed by atoms with E-state index in [4.69, 9.17) is 37.0 Å². The average molecular weight is 1490 g/mol. The van der Waals surface area contributed by atoms with Gasteiger partial charge in [0.25, 0.3) is 0 Å². The molecule has 0 spiro atoms. The van der Waals surface area contributed by atoms with E-state index in [0.717, 1.165) is 102 Å². The number of hydrogen-bond acceptors (Lipinski definition) is 15. The first-order valence-corrected chi connectivity index (χ1v) is 46.0. The van der Waals surface area contributed by atoms with Gasteiger partial charge in [0.2, 0.25) is 0 Å². The van der Waals surface area contributed by atoms with Crippen molar-refractivity contribution < 1.29 is 80.2 Å². The minimum Gasteiger partial charge on any atom is -0.462 e. The van der Waals surface area contributed by atoms with Crippen LogP contribution in [0.15, 0.2) is 0 Å². The fourth-order valence-electron chi connectivity index (χ4n) is 12.9. The molecule has 0 saturated carbocycles. The Kier molecular flexibility index (Phi) is 73.1. The fourth-order valence-corrected chi connectivity index (χ4v) is 14.5. The lowest BCUT2D eigenvalue weighted by Crippen LogP contribution is -2.30. The minimum absolute atomic E-state index is 0.107. The summed E-state index contributed by atoms with van der Waals surface area (Å²) in [6.07, 6.45) is 65.4. The second kappa shape index (κ2) is 74.5. The zero-order valence-electron chi connectivity index (χ0n) is 66.9. The van der Waals surface area contributed by atoms with E-state index in [1.807, 2.05) is 0 Å². The van der Waals surface area contributed by atoms with Crippen molar-refractivity contribution in [3.05, 3.63) is 0 Å². The second-order valence-corrected chi connectivity index (χ2v) is 33.7. The van der Waals surface area contributed by atoms with Crippen LogP contribution in [0.3, 0.4) is 0 Å². The summed E-state index contributed by atoms with van der Waals surface area (Å²) < 4.78 is 68.8. The molecule has 0 aromatic heterocycles. The molecule has 0 heterocycles. The van der Waals surface area contributed by atoms with Gasteiger partial charge in [0.05, 0.1) is 26.4 Å². The SMILES string of the molecule is CCCCCCCCCCCCCCCCCCCCC(=O)OC[C@H](COP(=O)(O)OC[C@@H](O)COP(=O)(O)OC[C@@H](COC(=O)CCCCCCCCC(C)C)OC(=O)CCCCCCCCCCCCCCCCCC)OC(=O)CCCCCCCCCCCCCCCCCCC(C)C. The second-order valence-electron chi connectivity index (χ2n) is 30.8. The third kappa shape index (κ3) is 76.3. The lowest BCUT2D eigenvalue weighted by atomic mass is 10.0. The van der Waals surface area contributed by atoms with E-state index in [-0.39, 0.29) is 25.7 Å². The number of carbonyl (C=O) groups excluding carboxylic acids is 4. The standard InChI is InChI=1S/C83H162O17P2/c1-7-9-11-13-15-17-19-21-23-25-26-31-34-38-42-46-53-59-65-80(85)93-71-78(99-82(87)67-62-56-48-44-40-36-32-28-27-29-33-37-41-45-51-57-63-75(3)4)73-97-101(89,90)95-69-77(84)70-96-102(91,92)98-74-79(72-94-81(86)66-60-54-50-49-52-58-64-76(5)6)100-83(88)68-61-55-47-43-39-35-30-24-22-20-18-16-14-12-10-8-2/h75-79,84H,7-74H2,1-6H3,(H,89,90)(H,91,92)/t77-,78-,79-/m1/s1. The van der Waals surface area contributed by atoms with Gasteiger partial charge < -0.3 is 33.8 Å². The summed E-state index contributed by atoms with van der Waals surface area (Å²) in [4.78, 5) is 73.1. The molecule has 0 rings (SSSR count). The van der Waals surface area contributed by atoms with Crippen LogP contribution in [0.5, 0.6) is 0 Å². The topological polar surface area (TPSA) is 237 Å². The van der Waals surface area contributed by atoms with E-state index < -0.39 is 97.5 Å². The Bertz CT molecular complexity index is 1960. The summed E-state index contributed by atoms with van der Waals surface area (Å²) in [6, 6.07) is 0. The molecule has 0 aliphatic rings. The predicted molar refractivity (Wildman–Crippen MR) is 418 cm³/mol. The maximum absolute atomic E-state index is 13.1. The average Bonchev–Trinajstić information content (AvgIpc) is 0.916. The number of rotatable bonds is 82. The van der Waals surface area contributed by atoms with E-state index in [2.05, 4.69) is 41.5 Å². The third-order valence-corrected chi connectivity index (χ3v) is 21.4. The molecule has 0 bridgehead atoms. The summed E-state index contributed by atoms with van der Waals surface area (Å²) in [5, 5.41) is 10.7. The molecule has 0 radical (unpaired) electrons. The van der Waals surface area contributed by atoms with E-state index in [9.17, 15) is 43.2 Å². The predicted octanol–water partition coefficient (Wildman–Crippen LogP) is 25.1. The number of hydrogen-bond donors (Lipinski definition) is 3. The normalized spacial score (nSPS) is 13.9. The lowest BCUT2D eigenvalue weighted by molar-refractivity contribution is -0.161. The quantitative estimate of drug-likeness (QED) is 0.0222. The van der Waals surface area contributed by atoms with Crippen molar-refractivity contribution in [2.75, 3.05) is 39.6 Å². The Hall–Kier alpha value is -1.94. The first-order valence-electron chi connectivity index (χ1n) is 43.0. The molecule has 0 saturated heterocycles. The number of ether oxygens (including phenoxy) is 4. The summed E-state index contributed by atoms with van der Waals surface area (Å²) in [5.41, 5.74) is 0. The highest BCUT2D eigenvalue weighted by Crippen LogP contribution is 2.45. The number of unbranched alkanes of at least 4 members (excludes halogenated alkanes) is 52. The van der Waals surface area contributed by atoms with Crippen LogP contribution in [-0.2, 0) is 65.4 Å². The first kappa shape index (κ1) is 100. The van der Waals surface area contributed by atoms with E-state index >= 15 is 0 Å². The monoisotopic (exact) mass is 1490 g/mol. The summed E-state index contributed by atoms with van der Waals surface area (Å²) in [7, 11) is -9.92. The molecule has 102 heavy (non-hydrogen) atoms. The van der Waals surface area contributed by atoms with Crippen molar-refractivity contribution in [2.24, 2.45) is 11.8 Å². The van der Waals surface area contributed by atoms with Crippen LogP contribution >= 0.6 is 15.6 Å². The van der Waals surface area contributed by atoms with Gasteiger partial charge in [-0.05, 0) is 37.5 Å². The molecule has 2 unspecified atom stereocenters. The van der Waals surface area contributed by atoms with Gasteiger partial charge in [-0.2, -0.15) is 0 Å².